The van der Waals surface area contributed by atoms with Crippen molar-refractivity contribution in [3.63, 3.8) is 0 Å². The molecule has 1 nitrogen and oxygen atoms in total. The summed E-state index contributed by atoms with van der Waals surface area (Å²) in [4.78, 5) is 0. The van der Waals surface area contributed by atoms with Crippen LogP contribution in [0.1, 0.15) is 39.5 Å². The van der Waals surface area contributed by atoms with E-state index in [0.717, 1.165) is 11.9 Å². The standard InChI is InChI=1S/C9H19BrO/c1-3-4-5-6-9(2)11-8-7-10/h9H,3-8H2,1-2H3. The Balaban J connectivity index is 3.02. The minimum Gasteiger partial charge on any atom is -0.378 e. The van der Waals surface area contributed by atoms with Gasteiger partial charge >= 0.3 is 0 Å². The van der Waals surface area contributed by atoms with Crippen molar-refractivity contribution in [3.8, 4) is 0 Å². The van der Waals surface area contributed by atoms with Crippen molar-refractivity contribution < 1.29 is 4.74 Å². The fraction of sp³-hybridized carbons (Fsp3) is 1.00. The monoisotopic (exact) mass is 222 g/mol. The molecule has 0 aliphatic carbocycles. The molecular weight excluding hydrogens is 204 g/mol. The van der Waals surface area contributed by atoms with Gasteiger partial charge in [-0.1, -0.05) is 42.1 Å². The van der Waals surface area contributed by atoms with E-state index in [2.05, 4.69) is 29.8 Å². The number of hydrogen-bond acceptors (Lipinski definition) is 1. The van der Waals surface area contributed by atoms with Crippen LogP contribution < -0.4 is 0 Å². The Morgan fingerprint density at radius 1 is 1.36 bits per heavy atom. The predicted molar refractivity (Wildman–Crippen MR) is 53.4 cm³/mol. The molecule has 0 aliphatic heterocycles. The lowest BCUT2D eigenvalue weighted by atomic mass is 10.1. The van der Waals surface area contributed by atoms with E-state index in [9.17, 15) is 0 Å². The summed E-state index contributed by atoms with van der Waals surface area (Å²) in [6, 6.07) is 0. The van der Waals surface area contributed by atoms with E-state index in [1.54, 1.807) is 0 Å². The molecule has 0 aromatic carbocycles. The second kappa shape index (κ2) is 8.54. The summed E-state index contributed by atoms with van der Waals surface area (Å²) in [5.41, 5.74) is 0. The molecule has 1 unspecified atom stereocenters. The molecule has 0 amide bonds. The maximum Gasteiger partial charge on any atom is 0.0566 e. The zero-order valence-corrected chi connectivity index (χ0v) is 9.19. The topological polar surface area (TPSA) is 9.23 Å². The normalized spacial score (nSPS) is 13.4. The van der Waals surface area contributed by atoms with Crippen LogP contribution in [-0.4, -0.2) is 18.0 Å². The Bertz CT molecular complexity index is 76.0. The van der Waals surface area contributed by atoms with Crippen molar-refractivity contribution in [2.45, 2.75) is 45.6 Å². The minimum atomic E-state index is 0.444. The highest BCUT2D eigenvalue weighted by Gasteiger charge is 1.99. The third-order valence-corrected chi connectivity index (χ3v) is 2.02. The van der Waals surface area contributed by atoms with Crippen LogP contribution in [0.4, 0.5) is 0 Å². The molecule has 0 spiro atoms. The number of alkyl halides is 1. The highest BCUT2D eigenvalue weighted by atomic mass is 79.9. The molecule has 0 N–H and O–H groups in total. The summed E-state index contributed by atoms with van der Waals surface area (Å²) in [6.07, 6.45) is 5.59. The average molecular weight is 223 g/mol. The lowest BCUT2D eigenvalue weighted by Crippen LogP contribution is -2.09. The lowest BCUT2D eigenvalue weighted by molar-refractivity contribution is 0.0709. The number of halogens is 1. The lowest BCUT2D eigenvalue weighted by Gasteiger charge is -2.10. The van der Waals surface area contributed by atoms with Crippen LogP contribution in [0, 0.1) is 0 Å². The van der Waals surface area contributed by atoms with Gasteiger partial charge in [0, 0.05) is 5.33 Å². The quantitative estimate of drug-likeness (QED) is 0.475. The molecule has 0 bridgehead atoms. The summed E-state index contributed by atoms with van der Waals surface area (Å²) < 4.78 is 5.49. The molecule has 1 atom stereocenters. The van der Waals surface area contributed by atoms with Gasteiger partial charge in [-0.3, -0.25) is 0 Å². The molecule has 0 aromatic rings. The van der Waals surface area contributed by atoms with Gasteiger partial charge < -0.3 is 4.74 Å². The van der Waals surface area contributed by atoms with E-state index in [-0.39, 0.29) is 0 Å². The van der Waals surface area contributed by atoms with Crippen LogP contribution in [0.15, 0.2) is 0 Å². The minimum absolute atomic E-state index is 0.444. The summed E-state index contributed by atoms with van der Waals surface area (Å²) in [5, 5.41) is 0.950. The van der Waals surface area contributed by atoms with Gasteiger partial charge in [-0.2, -0.15) is 0 Å². The van der Waals surface area contributed by atoms with E-state index in [1.165, 1.54) is 25.7 Å². The summed E-state index contributed by atoms with van der Waals surface area (Å²) in [5.74, 6) is 0. The molecule has 0 aliphatic rings. The van der Waals surface area contributed by atoms with Crippen molar-refractivity contribution in [2.75, 3.05) is 11.9 Å². The smallest absolute Gasteiger partial charge is 0.0566 e. The SMILES string of the molecule is CCCCCC(C)OCCBr. The van der Waals surface area contributed by atoms with E-state index in [1.807, 2.05) is 0 Å². The predicted octanol–water partition coefficient (Wildman–Crippen LogP) is 3.37. The van der Waals surface area contributed by atoms with Gasteiger partial charge in [-0.25, -0.2) is 0 Å². The van der Waals surface area contributed by atoms with E-state index < -0.39 is 0 Å². The van der Waals surface area contributed by atoms with Crippen LogP contribution in [0.25, 0.3) is 0 Å². The highest BCUT2D eigenvalue weighted by molar-refractivity contribution is 9.09. The van der Waals surface area contributed by atoms with E-state index in [0.29, 0.717) is 6.10 Å². The van der Waals surface area contributed by atoms with Crippen molar-refractivity contribution in [3.05, 3.63) is 0 Å². The Hall–Kier alpha value is 0.440. The number of ether oxygens (including phenoxy) is 1. The van der Waals surface area contributed by atoms with Crippen molar-refractivity contribution >= 4 is 15.9 Å². The first kappa shape index (κ1) is 11.4. The zero-order chi connectivity index (χ0) is 8.53. The molecule has 0 saturated carbocycles. The summed E-state index contributed by atoms with van der Waals surface area (Å²) >= 11 is 3.33. The first-order valence-electron chi connectivity index (χ1n) is 4.48. The maximum atomic E-state index is 5.49. The number of rotatable bonds is 7. The molecule has 0 rings (SSSR count). The zero-order valence-electron chi connectivity index (χ0n) is 7.61. The van der Waals surface area contributed by atoms with E-state index in [4.69, 9.17) is 4.74 Å². The number of hydrogen-bond donors (Lipinski definition) is 0. The Morgan fingerprint density at radius 2 is 2.09 bits per heavy atom. The van der Waals surface area contributed by atoms with Gasteiger partial charge in [0.05, 0.1) is 12.7 Å². The molecule has 11 heavy (non-hydrogen) atoms. The average Bonchev–Trinajstić information content (AvgIpc) is 2.01. The number of unbranched alkanes of at least 4 members (excludes halogenated alkanes) is 2. The second-order valence-electron chi connectivity index (χ2n) is 2.87. The van der Waals surface area contributed by atoms with Crippen molar-refractivity contribution in [1.29, 1.82) is 0 Å². The van der Waals surface area contributed by atoms with Gasteiger partial charge in [0.1, 0.15) is 0 Å². The molecule has 0 radical (unpaired) electrons. The van der Waals surface area contributed by atoms with Crippen LogP contribution in [0.3, 0.4) is 0 Å². The van der Waals surface area contributed by atoms with Gasteiger partial charge in [0.25, 0.3) is 0 Å². The van der Waals surface area contributed by atoms with Crippen LogP contribution in [0.2, 0.25) is 0 Å². The highest BCUT2D eigenvalue weighted by Crippen LogP contribution is 2.05. The first-order chi connectivity index (χ1) is 5.31. The van der Waals surface area contributed by atoms with Gasteiger partial charge in [0.15, 0.2) is 0 Å². The van der Waals surface area contributed by atoms with Crippen LogP contribution in [-0.2, 0) is 4.74 Å². The Morgan fingerprint density at radius 3 is 2.64 bits per heavy atom. The fourth-order valence-electron chi connectivity index (χ4n) is 1.01. The summed E-state index contributed by atoms with van der Waals surface area (Å²) in [6.45, 7) is 5.22. The second-order valence-corrected chi connectivity index (χ2v) is 3.66. The molecule has 0 aromatic heterocycles. The molecular formula is C9H19BrO. The van der Waals surface area contributed by atoms with Crippen molar-refractivity contribution in [1.82, 2.24) is 0 Å². The van der Waals surface area contributed by atoms with Crippen LogP contribution >= 0.6 is 15.9 Å². The molecule has 0 fully saturated rings. The van der Waals surface area contributed by atoms with Gasteiger partial charge in [0.2, 0.25) is 0 Å². The first-order valence-corrected chi connectivity index (χ1v) is 5.61. The molecule has 2 heteroatoms. The molecule has 0 saturated heterocycles. The third kappa shape index (κ3) is 8.35. The summed E-state index contributed by atoms with van der Waals surface area (Å²) in [7, 11) is 0. The molecule has 0 heterocycles. The maximum absolute atomic E-state index is 5.49. The largest absolute Gasteiger partial charge is 0.378 e. The van der Waals surface area contributed by atoms with E-state index >= 15 is 0 Å². The van der Waals surface area contributed by atoms with Crippen LogP contribution in [0.5, 0.6) is 0 Å². The molecule has 68 valence electrons. The van der Waals surface area contributed by atoms with Crippen molar-refractivity contribution in [2.24, 2.45) is 0 Å². The Kier molecular flexibility index (Phi) is 8.88. The fourth-order valence-corrected chi connectivity index (χ4v) is 1.20. The van der Waals surface area contributed by atoms with Gasteiger partial charge in [-0.05, 0) is 13.3 Å². The Labute approximate surface area is 78.6 Å². The van der Waals surface area contributed by atoms with Gasteiger partial charge in [-0.15, -0.1) is 0 Å². The third-order valence-electron chi connectivity index (χ3n) is 1.69.